The number of nitrogens with zero attached hydrogens (tertiary/aromatic N) is 2. The largest absolute Gasteiger partial charge is 0.457 e. The van der Waals surface area contributed by atoms with Gasteiger partial charge in [0.15, 0.2) is 5.96 Å². The second-order valence-corrected chi connectivity index (χ2v) is 5.09. The topological polar surface area (TPSA) is 72.5 Å². The van der Waals surface area contributed by atoms with Gasteiger partial charge in [-0.3, -0.25) is 4.98 Å². The van der Waals surface area contributed by atoms with Crippen molar-refractivity contribution >= 4 is 35.6 Å². The van der Waals surface area contributed by atoms with E-state index >= 15 is 0 Å². The lowest BCUT2D eigenvalue weighted by Crippen LogP contribution is -2.22. The van der Waals surface area contributed by atoms with Crippen LogP contribution >= 0.6 is 24.0 Å². The summed E-state index contributed by atoms with van der Waals surface area (Å²) < 4.78 is 5.80. The lowest BCUT2D eigenvalue weighted by Gasteiger charge is -2.09. The van der Waals surface area contributed by atoms with Crippen molar-refractivity contribution in [3.63, 3.8) is 0 Å². The lowest BCUT2D eigenvalue weighted by molar-refractivity contribution is 0.483. The number of benzene rings is 2. The number of hydrogen-bond donors (Lipinski definition) is 2. The minimum Gasteiger partial charge on any atom is -0.457 e. The maximum Gasteiger partial charge on any atom is 0.193 e. The van der Waals surface area contributed by atoms with Crippen LogP contribution < -0.4 is 15.8 Å². The van der Waals surface area contributed by atoms with Crippen LogP contribution in [0.3, 0.4) is 0 Å². The van der Waals surface area contributed by atoms with Crippen LogP contribution in [0.1, 0.15) is 5.69 Å². The molecule has 6 heteroatoms. The van der Waals surface area contributed by atoms with E-state index in [0.29, 0.717) is 12.5 Å². The highest BCUT2D eigenvalue weighted by molar-refractivity contribution is 14.0. The van der Waals surface area contributed by atoms with Crippen LogP contribution in [0.5, 0.6) is 11.5 Å². The van der Waals surface area contributed by atoms with Crippen molar-refractivity contribution in [2.75, 3.05) is 5.32 Å². The van der Waals surface area contributed by atoms with Gasteiger partial charge in [-0.15, -0.1) is 24.0 Å². The summed E-state index contributed by atoms with van der Waals surface area (Å²) in [6, 6.07) is 22.9. The van der Waals surface area contributed by atoms with Crippen LogP contribution in [0.15, 0.2) is 84.0 Å². The number of ether oxygens (including phenoxy) is 1. The van der Waals surface area contributed by atoms with Gasteiger partial charge in [-0.2, -0.15) is 0 Å². The highest BCUT2D eigenvalue weighted by Crippen LogP contribution is 2.23. The number of aliphatic imine (C=N–C) groups is 1. The molecular formula is C19H19IN4O. The fourth-order valence-corrected chi connectivity index (χ4v) is 2.11. The highest BCUT2D eigenvalue weighted by atomic mass is 127. The van der Waals surface area contributed by atoms with Gasteiger partial charge in [0, 0.05) is 18.0 Å². The van der Waals surface area contributed by atoms with Crippen LogP contribution in [0.4, 0.5) is 5.69 Å². The predicted octanol–water partition coefficient (Wildman–Crippen LogP) is 4.42. The third-order valence-electron chi connectivity index (χ3n) is 3.22. The monoisotopic (exact) mass is 446 g/mol. The van der Waals surface area contributed by atoms with E-state index in [1.54, 1.807) is 6.20 Å². The SMILES string of the molecule is I.NC(=NCc1ccccn1)Nc1cccc(Oc2ccccc2)c1. The smallest absolute Gasteiger partial charge is 0.193 e. The number of hydrogen-bond acceptors (Lipinski definition) is 3. The molecule has 0 aliphatic rings. The minimum atomic E-state index is 0. The number of rotatable bonds is 5. The van der Waals surface area contributed by atoms with Gasteiger partial charge in [0.05, 0.1) is 12.2 Å². The normalized spacial score (nSPS) is 10.6. The molecule has 1 heterocycles. The number of pyridine rings is 1. The van der Waals surface area contributed by atoms with Gasteiger partial charge >= 0.3 is 0 Å². The Kier molecular flexibility index (Phi) is 7.21. The fourth-order valence-electron chi connectivity index (χ4n) is 2.11. The van der Waals surface area contributed by atoms with E-state index in [-0.39, 0.29) is 24.0 Å². The molecule has 0 amide bonds. The number of para-hydroxylation sites is 1. The summed E-state index contributed by atoms with van der Waals surface area (Å²) in [5.74, 6) is 1.84. The Bertz CT molecular complexity index is 810. The quantitative estimate of drug-likeness (QED) is 0.346. The second-order valence-electron chi connectivity index (χ2n) is 5.09. The Morgan fingerprint density at radius 2 is 1.72 bits per heavy atom. The van der Waals surface area contributed by atoms with Gasteiger partial charge in [0.1, 0.15) is 11.5 Å². The van der Waals surface area contributed by atoms with Gasteiger partial charge in [-0.1, -0.05) is 30.3 Å². The van der Waals surface area contributed by atoms with Crippen LogP contribution in [-0.4, -0.2) is 10.9 Å². The molecule has 0 aliphatic carbocycles. The van der Waals surface area contributed by atoms with Crippen molar-refractivity contribution in [2.45, 2.75) is 6.54 Å². The zero-order valence-electron chi connectivity index (χ0n) is 13.5. The van der Waals surface area contributed by atoms with Crippen molar-refractivity contribution in [2.24, 2.45) is 10.7 Å². The van der Waals surface area contributed by atoms with Gasteiger partial charge < -0.3 is 15.8 Å². The summed E-state index contributed by atoms with van der Waals surface area (Å²) in [5, 5.41) is 3.06. The molecule has 3 N–H and O–H groups in total. The second kappa shape index (κ2) is 9.63. The van der Waals surface area contributed by atoms with E-state index in [9.17, 15) is 0 Å². The summed E-state index contributed by atoms with van der Waals surface area (Å²) in [5.41, 5.74) is 7.60. The Hall–Kier alpha value is -2.61. The minimum absolute atomic E-state index is 0. The van der Waals surface area contributed by atoms with Crippen molar-refractivity contribution in [1.82, 2.24) is 4.98 Å². The van der Waals surface area contributed by atoms with E-state index in [1.165, 1.54) is 0 Å². The summed E-state index contributed by atoms with van der Waals surface area (Å²) in [6.45, 7) is 0.430. The molecule has 128 valence electrons. The third kappa shape index (κ3) is 6.07. The number of aromatic nitrogens is 1. The molecule has 2 aromatic carbocycles. The molecular weight excluding hydrogens is 427 g/mol. The molecule has 0 fully saturated rings. The van der Waals surface area contributed by atoms with Crippen LogP contribution in [0.25, 0.3) is 0 Å². The number of anilines is 1. The molecule has 0 spiro atoms. The van der Waals surface area contributed by atoms with Crippen molar-refractivity contribution in [3.8, 4) is 11.5 Å². The molecule has 0 saturated heterocycles. The van der Waals surface area contributed by atoms with Crippen molar-refractivity contribution in [3.05, 3.63) is 84.7 Å². The van der Waals surface area contributed by atoms with Gasteiger partial charge in [0.2, 0.25) is 0 Å². The number of halogens is 1. The molecule has 5 nitrogen and oxygen atoms in total. The molecule has 3 rings (SSSR count). The molecule has 0 unspecified atom stereocenters. The van der Waals surface area contributed by atoms with Crippen molar-refractivity contribution < 1.29 is 4.74 Å². The Balaban J connectivity index is 0.00000225. The van der Waals surface area contributed by atoms with Gasteiger partial charge in [0.25, 0.3) is 0 Å². The van der Waals surface area contributed by atoms with Crippen LogP contribution in [0.2, 0.25) is 0 Å². The summed E-state index contributed by atoms with van der Waals surface area (Å²) in [4.78, 5) is 8.49. The molecule has 1 aromatic heterocycles. The van der Waals surface area contributed by atoms with Crippen molar-refractivity contribution in [1.29, 1.82) is 0 Å². The van der Waals surface area contributed by atoms with Gasteiger partial charge in [-0.25, -0.2) is 4.99 Å². The fraction of sp³-hybridized carbons (Fsp3) is 0.0526. The average molecular weight is 446 g/mol. The molecule has 0 radical (unpaired) electrons. The average Bonchev–Trinajstić information content (AvgIpc) is 2.62. The first-order valence-electron chi connectivity index (χ1n) is 7.59. The van der Waals surface area contributed by atoms with Crippen LogP contribution in [0, 0.1) is 0 Å². The van der Waals surface area contributed by atoms with E-state index in [1.807, 2.05) is 72.8 Å². The van der Waals surface area contributed by atoms with Gasteiger partial charge in [-0.05, 0) is 36.4 Å². The number of nitrogens with two attached hydrogens (primary N) is 1. The maximum absolute atomic E-state index is 5.93. The number of guanidine groups is 1. The first-order valence-corrected chi connectivity index (χ1v) is 7.59. The van der Waals surface area contributed by atoms with Crippen LogP contribution in [-0.2, 0) is 6.54 Å². The molecule has 25 heavy (non-hydrogen) atoms. The Morgan fingerprint density at radius 1 is 0.960 bits per heavy atom. The van der Waals surface area contributed by atoms with E-state index in [4.69, 9.17) is 10.5 Å². The zero-order chi connectivity index (χ0) is 16.6. The molecule has 0 bridgehead atoms. The summed E-state index contributed by atoms with van der Waals surface area (Å²) in [7, 11) is 0. The maximum atomic E-state index is 5.93. The molecule has 0 atom stereocenters. The molecule has 3 aromatic rings. The highest BCUT2D eigenvalue weighted by Gasteiger charge is 2.00. The third-order valence-corrected chi connectivity index (χ3v) is 3.22. The van der Waals surface area contributed by atoms with E-state index < -0.39 is 0 Å². The standard InChI is InChI=1S/C19H18N4O.HI/c20-19(22-14-16-7-4-5-12-21-16)23-15-8-6-11-18(13-15)24-17-9-2-1-3-10-17;/h1-13H,14H2,(H3,20,22,23);1H. The molecule has 0 aliphatic heterocycles. The van der Waals surface area contributed by atoms with E-state index in [0.717, 1.165) is 22.9 Å². The lowest BCUT2D eigenvalue weighted by atomic mass is 10.3. The molecule has 0 saturated carbocycles. The first kappa shape index (κ1) is 18.7. The Morgan fingerprint density at radius 3 is 2.48 bits per heavy atom. The summed E-state index contributed by atoms with van der Waals surface area (Å²) in [6.07, 6.45) is 1.73. The predicted molar refractivity (Wildman–Crippen MR) is 112 cm³/mol. The van der Waals surface area contributed by atoms with E-state index in [2.05, 4.69) is 15.3 Å². The zero-order valence-corrected chi connectivity index (χ0v) is 15.8. The summed E-state index contributed by atoms with van der Waals surface area (Å²) >= 11 is 0. The first-order chi connectivity index (χ1) is 11.8. The number of nitrogens with one attached hydrogen (secondary N) is 1. The Labute approximate surface area is 164 Å².